The molecule has 2 N–H and O–H groups in total. The fourth-order valence-corrected chi connectivity index (χ4v) is 3.00. The highest BCUT2D eigenvalue weighted by atomic mass is 35.5. The van der Waals surface area contributed by atoms with Crippen molar-refractivity contribution in [1.82, 2.24) is 4.72 Å². The van der Waals surface area contributed by atoms with Crippen molar-refractivity contribution in [2.75, 3.05) is 0 Å². The number of carboxylic acid groups (broad SMARTS) is 1. The molecule has 0 radical (unpaired) electrons. The van der Waals surface area contributed by atoms with Gasteiger partial charge in [-0.3, -0.25) is 4.79 Å². The second-order valence-electron chi connectivity index (χ2n) is 3.35. The summed E-state index contributed by atoms with van der Waals surface area (Å²) in [6.45, 7) is 1.13. The van der Waals surface area contributed by atoms with Crippen LogP contribution in [-0.2, 0) is 14.8 Å². The van der Waals surface area contributed by atoms with E-state index in [0.29, 0.717) is 0 Å². The van der Waals surface area contributed by atoms with Crippen molar-refractivity contribution in [1.29, 1.82) is 0 Å². The molecule has 0 aliphatic carbocycles. The molecule has 0 aliphatic heterocycles. The summed E-state index contributed by atoms with van der Waals surface area (Å²) in [5, 5.41) is 7.59. The minimum Gasteiger partial charge on any atom is -0.480 e. The number of halogens is 3. The minimum absolute atomic E-state index is 0.328. The minimum atomic E-state index is -4.24. The Morgan fingerprint density at radius 1 is 1.44 bits per heavy atom. The Bertz CT molecular complexity index is 590. The molecule has 1 rings (SSSR count). The number of sulfonamides is 1. The molecule has 0 spiro atoms. The number of benzene rings is 1. The molecular formula is C9H8Cl2FNO4S. The van der Waals surface area contributed by atoms with E-state index in [1.54, 1.807) is 0 Å². The third-order valence-corrected chi connectivity index (χ3v) is 4.35. The molecule has 0 saturated carbocycles. The molecule has 0 bridgehead atoms. The summed E-state index contributed by atoms with van der Waals surface area (Å²) in [6, 6.07) is 0.637. The van der Waals surface area contributed by atoms with Gasteiger partial charge in [0.25, 0.3) is 0 Å². The predicted octanol–water partition coefficient (Wildman–Crippen LogP) is 1.88. The lowest BCUT2D eigenvalue weighted by molar-refractivity contribution is -0.138. The molecule has 100 valence electrons. The van der Waals surface area contributed by atoms with Crippen LogP contribution < -0.4 is 4.72 Å². The van der Waals surface area contributed by atoms with Gasteiger partial charge in [-0.1, -0.05) is 23.2 Å². The van der Waals surface area contributed by atoms with Crippen LogP contribution in [0.15, 0.2) is 17.0 Å². The molecule has 0 aliphatic rings. The average Bonchev–Trinajstić information content (AvgIpc) is 2.24. The van der Waals surface area contributed by atoms with Gasteiger partial charge in [0.15, 0.2) is 5.82 Å². The first-order valence-corrected chi connectivity index (χ1v) is 6.79. The third-order valence-electron chi connectivity index (χ3n) is 1.99. The molecular weight excluding hydrogens is 308 g/mol. The summed E-state index contributed by atoms with van der Waals surface area (Å²) >= 11 is 10.9. The van der Waals surface area contributed by atoms with Gasteiger partial charge in [0.05, 0.1) is 10.0 Å². The van der Waals surface area contributed by atoms with Crippen LogP contribution in [0.2, 0.25) is 10.0 Å². The Morgan fingerprint density at radius 3 is 2.50 bits per heavy atom. The van der Waals surface area contributed by atoms with E-state index in [1.807, 2.05) is 4.72 Å². The van der Waals surface area contributed by atoms with Gasteiger partial charge in [-0.2, -0.15) is 4.72 Å². The van der Waals surface area contributed by atoms with E-state index in [4.69, 9.17) is 28.3 Å². The molecule has 1 unspecified atom stereocenters. The first kappa shape index (κ1) is 15.2. The maximum Gasteiger partial charge on any atom is 0.321 e. The van der Waals surface area contributed by atoms with Gasteiger partial charge in [0.1, 0.15) is 10.9 Å². The third kappa shape index (κ3) is 3.11. The van der Waals surface area contributed by atoms with Crippen molar-refractivity contribution in [2.45, 2.75) is 17.9 Å². The van der Waals surface area contributed by atoms with Crippen LogP contribution in [-0.4, -0.2) is 25.5 Å². The van der Waals surface area contributed by atoms with Crippen molar-refractivity contribution in [3.8, 4) is 0 Å². The van der Waals surface area contributed by atoms with Crippen LogP contribution in [0, 0.1) is 5.82 Å². The summed E-state index contributed by atoms with van der Waals surface area (Å²) in [7, 11) is -4.24. The van der Waals surface area contributed by atoms with Gasteiger partial charge < -0.3 is 5.11 Å². The largest absolute Gasteiger partial charge is 0.480 e. The summed E-state index contributed by atoms with van der Waals surface area (Å²) in [6.07, 6.45) is 0. The van der Waals surface area contributed by atoms with E-state index in [2.05, 4.69) is 0 Å². The highest BCUT2D eigenvalue weighted by Gasteiger charge is 2.25. The second-order valence-corrected chi connectivity index (χ2v) is 5.82. The number of carboxylic acids is 1. The molecule has 5 nitrogen and oxygen atoms in total. The summed E-state index contributed by atoms with van der Waals surface area (Å²) in [5.41, 5.74) is 0. The number of hydrogen-bond donors (Lipinski definition) is 2. The number of carbonyl (C=O) groups is 1. The number of hydrogen-bond acceptors (Lipinski definition) is 3. The lowest BCUT2D eigenvalue weighted by Gasteiger charge is -2.12. The van der Waals surface area contributed by atoms with Gasteiger partial charge in [-0.15, -0.1) is 0 Å². The Kier molecular flexibility index (Phi) is 4.55. The van der Waals surface area contributed by atoms with E-state index in [0.717, 1.165) is 19.1 Å². The number of rotatable bonds is 4. The standard InChI is InChI=1S/C9H8Cl2FNO4S/c1-4(9(14)15)13-18(16,17)6-3-2-5(10)8(12)7(6)11/h2-4,13H,1H3,(H,14,15). The normalized spacial score (nSPS) is 13.3. The maximum absolute atomic E-state index is 13.3. The fraction of sp³-hybridized carbons (Fsp3) is 0.222. The summed E-state index contributed by atoms with van der Waals surface area (Å²) in [4.78, 5) is 9.99. The number of aliphatic carboxylic acids is 1. The van der Waals surface area contributed by atoms with E-state index in [-0.39, 0.29) is 5.02 Å². The van der Waals surface area contributed by atoms with Crippen LogP contribution in [0.25, 0.3) is 0 Å². The van der Waals surface area contributed by atoms with Crippen molar-refractivity contribution in [3.63, 3.8) is 0 Å². The maximum atomic E-state index is 13.3. The average molecular weight is 316 g/mol. The Balaban J connectivity index is 3.22. The molecule has 18 heavy (non-hydrogen) atoms. The van der Waals surface area contributed by atoms with E-state index < -0.39 is 37.8 Å². The Hall–Kier alpha value is -0.890. The van der Waals surface area contributed by atoms with Crippen molar-refractivity contribution in [2.24, 2.45) is 0 Å². The zero-order valence-corrected chi connectivity index (χ0v) is 11.3. The SMILES string of the molecule is CC(NS(=O)(=O)c1ccc(Cl)c(F)c1Cl)C(=O)O. The first-order chi connectivity index (χ1) is 8.16. The van der Waals surface area contributed by atoms with Gasteiger partial charge in [0, 0.05) is 0 Å². The van der Waals surface area contributed by atoms with Crippen molar-refractivity contribution < 1.29 is 22.7 Å². The topological polar surface area (TPSA) is 83.5 Å². The highest BCUT2D eigenvalue weighted by molar-refractivity contribution is 7.89. The van der Waals surface area contributed by atoms with Crippen LogP contribution in [0.4, 0.5) is 4.39 Å². The second kappa shape index (κ2) is 5.40. The molecule has 0 fully saturated rings. The molecule has 0 heterocycles. The van der Waals surface area contributed by atoms with Gasteiger partial charge in [-0.05, 0) is 19.1 Å². The van der Waals surface area contributed by atoms with Crippen LogP contribution in [0.3, 0.4) is 0 Å². The van der Waals surface area contributed by atoms with E-state index in [9.17, 15) is 17.6 Å². The summed E-state index contributed by atoms with van der Waals surface area (Å²) < 4.78 is 38.7. The Labute approximate surface area is 113 Å². The molecule has 9 heteroatoms. The van der Waals surface area contributed by atoms with E-state index in [1.165, 1.54) is 0 Å². The van der Waals surface area contributed by atoms with E-state index >= 15 is 0 Å². The molecule has 1 atom stereocenters. The first-order valence-electron chi connectivity index (χ1n) is 4.55. The zero-order valence-electron chi connectivity index (χ0n) is 8.95. The van der Waals surface area contributed by atoms with Crippen molar-refractivity contribution in [3.05, 3.63) is 28.0 Å². The smallest absolute Gasteiger partial charge is 0.321 e. The summed E-state index contributed by atoms with van der Waals surface area (Å²) in [5.74, 6) is -2.45. The highest BCUT2D eigenvalue weighted by Crippen LogP contribution is 2.29. The van der Waals surface area contributed by atoms with Crippen LogP contribution >= 0.6 is 23.2 Å². The monoisotopic (exact) mass is 315 g/mol. The molecule has 0 saturated heterocycles. The lowest BCUT2D eigenvalue weighted by atomic mass is 10.3. The molecule has 0 amide bonds. The predicted molar refractivity (Wildman–Crippen MR) is 63.8 cm³/mol. The molecule has 0 aromatic heterocycles. The Morgan fingerprint density at radius 2 is 2.00 bits per heavy atom. The van der Waals surface area contributed by atoms with Gasteiger partial charge >= 0.3 is 5.97 Å². The number of nitrogens with one attached hydrogen (secondary N) is 1. The molecule has 1 aromatic rings. The van der Waals surface area contributed by atoms with Crippen molar-refractivity contribution >= 4 is 39.2 Å². The van der Waals surface area contributed by atoms with Crippen LogP contribution in [0.1, 0.15) is 6.92 Å². The molecule has 1 aromatic carbocycles. The lowest BCUT2D eigenvalue weighted by Crippen LogP contribution is -2.38. The van der Waals surface area contributed by atoms with Crippen LogP contribution in [0.5, 0.6) is 0 Å². The van der Waals surface area contributed by atoms with Gasteiger partial charge in [-0.25, -0.2) is 12.8 Å². The fourth-order valence-electron chi connectivity index (χ4n) is 1.06. The van der Waals surface area contributed by atoms with Gasteiger partial charge in [0.2, 0.25) is 10.0 Å². The zero-order chi connectivity index (χ0) is 14.1. The quantitative estimate of drug-likeness (QED) is 0.831.